The van der Waals surface area contributed by atoms with Gasteiger partial charge in [-0.1, -0.05) is 31.5 Å². The maximum atomic E-state index is 5.97. The van der Waals surface area contributed by atoms with Gasteiger partial charge in [0, 0.05) is 17.0 Å². The Balaban J connectivity index is 2.46. The van der Waals surface area contributed by atoms with Gasteiger partial charge in [-0.05, 0) is 42.0 Å². The largest absolute Gasteiger partial charge is 0.330 e. The highest BCUT2D eigenvalue weighted by atomic mass is 35.5. The van der Waals surface area contributed by atoms with Gasteiger partial charge in [0.05, 0.1) is 0 Å². The SMILES string of the molecule is Cc1cc(Cl)ccc1C1(CN)CC1(C)C. The van der Waals surface area contributed by atoms with E-state index in [4.69, 9.17) is 17.3 Å². The van der Waals surface area contributed by atoms with Crippen LogP contribution < -0.4 is 5.73 Å². The predicted molar refractivity (Wildman–Crippen MR) is 65.3 cm³/mol. The first-order valence-corrected chi connectivity index (χ1v) is 5.77. The summed E-state index contributed by atoms with van der Waals surface area (Å²) < 4.78 is 0. The van der Waals surface area contributed by atoms with Crippen LogP contribution in [0.4, 0.5) is 0 Å². The maximum Gasteiger partial charge on any atom is 0.0408 e. The molecule has 0 heterocycles. The second kappa shape index (κ2) is 3.23. The van der Waals surface area contributed by atoms with E-state index in [9.17, 15) is 0 Å². The number of benzene rings is 1. The standard InChI is InChI=1S/C13H18ClN/c1-9-6-10(14)4-5-11(9)13(8-15)7-12(13,2)3/h4-6H,7-8,15H2,1-3H3. The predicted octanol–water partition coefficient (Wildman–Crippen LogP) is 3.27. The van der Waals surface area contributed by atoms with Crippen LogP contribution in [0.25, 0.3) is 0 Å². The molecule has 0 bridgehead atoms. The summed E-state index contributed by atoms with van der Waals surface area (Å²) in [7, 11) is 0. The zero-order chi connectivity index (χ0) is 11.3. The van der Waals surface area contributed by atoms with Crippen molar-refractivity contribution >= 4 is 11.6 Å². The van der Waals surface area contributed by atoms with Crippen LogP contribution in [0.3, 0.4) is 0 Å². The Kier molecular flexibility index (Phi) is 2.36. The molecule has 1 unspecified atom stereocenters. The van der Waals surface area contributed by atoms with Gasteiger partial charge >= 0.3 is 0 Å². The zero-order valence-electron chi connectivity index (χ0n) is 9.60. The van der Waals surface area contributed by atoms with Crippen LogP contribution in [0.1, 0.15) is 31.4 Å². The van der Waals surface area contributed by atoms with Crippen molar-refractivity contribution in [3.05, 3.63) is 34.3 Å². The lowest BCUT2D eigenvalue weighted by Crippen LogP contribution is -2.26. The summed E-state index contributed by atoms with van der Waals surface area (Å²) in [5.41, 5.74) is 9.10. The summed E-state index contributed by atoms with van der Waals surface area (Å²) in [6.07, 6.45) is 1.18. The van der Waals surface area contributed by atoms with E-state index in [0.717, 1.165) is 11.6 Å². The highest BCUT2D eigenvalue weighted by Crippen LogP contribution is 2.64. The maximum absolute atomic E-state index is 5.97. The molecule has 1 fully saturated rings. The molecule has 1 aromatic rings. The quantitative estimate of drug-likeness (QED) is 0.818. The van der Waals surface area contributed by atoms with Gasteiger partial charge in [0.25, 0.3) is 0 Å². The molecule has 2 N–H and O–H groups in total. The molecule has 1 saturated carbocycles. The summed E-state index contributed by atoms with van der Waals surface area (Å²) in [6, 6.07) is 6.14. The van der Waals surface area contributed by atoms with Gasteiger partial charge in [0.1, 0.15) is 0 Å². The van der Waals surface area contributed by atoms with Gasteiger partial charge in [-0.2, -0.15) is 0 Å². The van der Waals surface area contributed by atoms with Crippen LogP contribution in [0.2, 0.25) is 5.02 Å². The van der Waals surface area contributed by atoms with Crippen LogP contribution in [-0.2, 0) is 5.41 Å². The van der Waals surface area contributed by atoms with E-state index in [-0.39, 0.29) is 5.41 Å². The van der Waals surface area contributed by atoms with Crippen molar-refractivity contribution in [3.8, 4) is 0 Å². The number of aryl methyl sites for hydroxylation is 1. The average Bonchev–Trinajstić information content (AvgIpc) is 2.69. The second-order valence-corrected chi connectivity index (χ2v) is 5.74. The van der Waals surface area contributed by atoms with Gasteiger partial charge in [0.2, 0.25) is 0 Å². The number of hydrogen-bond acceptors (Lipinski definition) is 1. The normalized spacial score (nSPS) is 27.8. The van der Waals surface area contributed by atoms with Crippen molar-refractivity contribution in [3.63, 3.8) is 0 Å². The Bertz CT molecular complexity index is 398. The molecule has 0 amide bonds. The fourth-order valence-electron chi connectivity index (χ4n) is 2.79. The Morgan fingerprint density at radius 3 is 2.40 bits per heavy atom. The molecule has 2 heteroatoms. The Labute approximate surface area is 96.6 Å². The summed E-state index contributed by atoms with van der Waals surface area (Å²) in [4.78, 5) is 0. The lowest BCUT2D eigenvalue weighted by Gasteiger charge is -2.21. The Morgan fingerprint density at radius 2 is 2.00 bits per heavy atom. The molecule has 0 saturated heterocycles. The summed E-state index contributed by atoms with van der Waals surface area (Å²) in [5, 5.41) is 0.807. The van der Waals surface area contributed by atoms with E-state index in [1.165, 1.54) is 17.5 Å². The van der Waals surface area contributed by atoms with Gasteiger partial charge < -0.3 is 5.73 Å². The number of hydrogen-bond donors (Lipinski definition) is 1. The Hall–Kier alpha value is -0.530. The first-order valence-electron chi connectivity index (χ1n) is 5.40. The third kappa shape index (κ3) is 1.49. The summed E-state index contributed by atoms with van der Waals surface area (Å²) in [5.74, 6) is 0. The highest BCUT2D eigenvalue weighted by molar-refractivity contribution is 6.30. The van der Waals surface area contributed by atoms with Gasteiger partial charge in [0.15, 0.2) is 0 Å². The third-order valence-electron chi connectivity index (χ3n) is 3.97. The molecule has 2 rings (SSSR count). The van der Waals surface area contributed by atoms with Crippen molar-refractivity contribution in [1.82, 2.24) is 0 Å². The van der Waals surface area contributed by atoms with Crippen LogP contribution in [0, 0.1) is 12.3 Å². The molecule has 1 atom stereocenters. The Morgan fingerprint density at radius 1 is 1.40 bits per heavy atom. The number of halogens is 1. The van der Waals surface area contributed by atoms with Crippen molar-refractivity contribution in [2.24, 2.45) is 11.1 Å². The van der Waals surface area contributed by atoms with E-state index in [2.05, 4.69) is 26.8 Å². The number of nitrogens with two attached hydrogens (primary N) is 1. The minimum Gasteiger partial charge on any atom is -0.330 e. The highest BCUT2D eigenvalue weighted by Gasteiger charge is 2.61. The minimum atomic E-state index is 0.182. The lowest BCUT2D eigenvalue weighted by molar-refractivity contribution is 0.501. The van der Waals surface area contributed by atoms with E-state index in [0.29, 0.717) is 5.41 Å². The summed E-state index contributed by atoms with van der Waals surface area (Å²) in [6.45, 7) is 7.41. The van der Waals surface area contributed by atoms with E-state index >= 15 is 0 Å². The fraction of sp³-hybridized carbons (Fsp3) is 0.538. The average molecular weight is 224 g/mol. The molecule has 0 aliphatic heterocycles. The molecular weight excluding hydrogens is 206 g/mol. The molecule has 1 aromatic carbocycles. The van der Waals surface area contributed by atoms with E-state index < -0.39 is 0 Å². The van der Waals surface area contributed by atoms with Crippen LogP contribution in [-0.4, -0.2) is 6.54 Å². The molecule has 0 aromatic heterocycles. The van der Waals surface area contributed by atoms with Crippen LogP contribution >= 0.6 is 11.6 Å². The van der Waals surface area contributed by atoms with Gasteiger partial charge in [-0.15, -0.1) is 0 Å². The van der Waals surface area contributed by atoms with Crippen molar-refractivity contribution < 1.29 is 0 Å². The summed E-state index contributed by atoms with van der Waals surface area (Å²) >= 11 is 5.97. The van der Waals surface area contributed by atoms with E-state index in [1.54, 1.807) is 0 Å². The van der Waals surface area contributed by atoms with E-state index in [1.807, 2.05) is 12.1 Å². The zero-order valence-corrected chi connectivity index (χ0v) is 10.4. The first kappa shape index (κ1) is 11.0. The molecule has 82 valence electrons. The lowest BCUT2D eigenvalue weighted by atomic mass is 9.85. The molecule has 0 radical (unpaired) electrons. The van der Waals surface area contributed by atoms with Gasteiger partial charge in [-0.3, -0.25) is 0 Å². The molecule has 0 spiro atoms. The monoisotopic (exact) mass is 223 g/mol. The second-order valence-electron chi connectivity index (χ2n) is 5.31. The minimum absolute atomic E-state index is 0.182. The number of rotatable bonds is 2. The fourth-order valence-corrected chi connectivity index (χ4v) is 3.02. The van der Waals surface area contributed by atoms with Crippen molar-refractivity contribution in [1.29, 1.82) is 0 Å². The molecule has 1 nitrogen and oxygen atoms in total. The molecule has 15 heavy (non-hydrogen) atoms. The molecule has 1 aliphatic carbocycles. The topological polar surface area (TPSA) is 26.0 Å². The third-order valence-corrected chi connectivity index (χ3v) is 4.20. The van der Waals surface area contributed by atoms with Crippen molar-refractivity contribution in [2.45, 2.75) is 32.6 Å². The van der Waals surface area contributed by atoms with Crippen LogP contribution in [0.15, 0.2) is 18.2 Å². The van der Waals surface area contributed by atoms with Crippen LogP contribution in [0.5, 0.6) is 0 Å². The van der Waals surface area contributed by atoms with Crippen molar-refractivity contribution in [2.75, 3.05) is 6.54 Å². The van der Waals surface area contributed by atoms with Gasteiger partial charge in [-0.25, -0.2) is 0 Å². The molecule has 1 aliphatic rings. The molecular formula is C13H18ClN. The first-order chi connectivity index (χ1) is 6.93. The smallest absolute Gasteiger partial charge is 0.0408 e.